The Morgan fingerprint density at radius 3 is 2.35 bits per heavy atom. The third kappa shape index (κ3) is 3.38. The zero-order valence-corrected chi connectivity index (χ0v) is 13.6. The fourth-order valence-corrected chi connectivity index (χ4v) is 2.31. The van der Waals surface area contributed by atoms with Crippen LogP contribution in [0, 0.1) is 0 Å². The minimum Gasteiger partial charge on any atom is -0.507 e. The molecule has 0 atom stereocenters. The molecule has 0 heterocycles. The van der Waals surface area contributed by atoms with E-state index in [0.717, 1.165) is 0 Å². The van der Waals surface area contributed by atoms with Crippen LogP contribution in [0.4, 0.5) is 5.69 Å². The minimum absolute atomic E-state index is 0.0297. The summed E-state index contributed by atoms with van der Waals surface area (Å²) in [6.45, 7) is 0. The summed E-state index contributed by atoms with van der Waals surface area (Å²) in [5.74, 6) is -0.453. The molecule has 2 aromatic carbocycles. The maximum absolute atomic E-state index is 12.1. The van der Waals surface area contributed by atoms with E-state index in [2.05, 4.69) is 21.2 Å². The van der Waals surface area contributed by atoms with E-state index in [1.165, 1.54) is 18.2 Å². The third-order valence-corrected chi connectivity index (χ3v) is 4.17. The number of nitrogens with one attached hydrogen (secondary N) is 1. The molecule has 7 heteroatoms. The molecule has 0 fully saturated rings. The molecule has 3 nitrogen and oxygen atoms in total. The predicted molar refractivity (Wildman–Crippen MR) is 85.2 cm³/mol. The molecule has 0 spiro atoms. The van der Waals surface area contributed by atoms with Crippen LogP contribution in [-0.4, -0.2) is 11.0 Å². The van der Waals surface area contributed by atoms with Gasteiger partial charge in [-0.25, -0.2) is 0 Å². The molecule has 0 aromatic heterocycles. The van der Waals surface area contributed by atoms with Crippen LogP contribution < -0.4 is 5.32 Å². The first kappa shape index (κ1) is 15.4. The summed E-state index contributed by atoms with van der Waals surface area (Å²) >= 11 is 20.8. The molecule has 1 amide bonds. The van der Waals surface area contributed by atoms with Gasteiger partial charge >= 0.3 is 0 Å². The van der Waals surface area contributed by atoms with Crippen molar-refractivity contribution in [3.8, 4) is 5.75 Å². The second-order valence-corrected chi connectivity index (χ2v) is 5.94. The van der Waals surface area contributed by atoms with Crippen molar-refractivity contribution in [3.63, 3.8) is 0 Å². The fourth-order valence-electron chi connectivity index (χ4n) is 1.47. The van der Waals surface area contributed by atoms with Gasteiger partial charge in [-0.05, 0) is 46.3 Å². The van der Waals surface area contributed by atoms with Gasteiger partial charge in [0.05, 0.1) is 25.2 Å². The molecule has 0 aliphatic carbocycles. The molecule has 20 heavy (non-hydrogen) atoms. The third-order valence-electron chi connectivity index (χ3n) is 2.47. The normalized spacial score (nSPS) is 10.4. The lowest BCUT2D eigenvalue weighted by molar-refractivity contribution is 0.102. The number of carbonyl (C=O) groups is 1. The Balaban J connectivity index is 2.27. The van der Waals surface area contributed by atoms with Gasteiger partial charge in [-0.3, -0.25) is 4.79 Å². The lowest BCUT2D eigenvalue weighted by Gasteiger charge is -2.09. The summed E-state index contributed by atoms with van der Waals surface area (Å²) in [5.41, 5.74) is 0.626. The Morgan fingerprint density at radius 2 is 1.70 bits per heavy atom. The van der Waals surface area contributed by atoms with Gasteiger partial charge in [-0.15, -0.1) is 0 Å². The maximum Gasteiger partial charge on any atom is 0.255 e. The number of phenolic OH excluding ortho intramolecular Hbond substituents is 1. The summed E-state index contributed by atoms with van der Waals surface area (Å²) in [6.07, 6.45) is 0. The van der Waals surface area contributed by atoms with Crippen molar-refractivity contribution in [1.82, 2.24) is 0 Å². The van der Waals surface area contributed by atoms with Crippen LogP contribution in [0.15, 0.2) is 34.8 Å². The number of halogens is 4. The van der Waals surface area contributed by atoms with Crippen molar-refractivity contribution in [2.75, 3.05) is 5.32 Å². The summed E-state index contributed by atoms with van der Waals surface area (Å²) in [4.78, 5) is 12.1. The van der Waals surface area contributed by atoms with Gasteiger partial charge in [0.25, 0.3) is 5.91 Å². The predicted octanol–water partition coefficient (Wildman–Crippen LogP) is 5.37. The van der Waals surface area contributed by atoms with E-state index in [4.69, 9.17) is 34.8 Å². The number of rotatable bonds is 2. The lowest BCUT2D eigenvalue weighted by Crippen LogP contribution is -2.12. The Labute approximate surface area is 138 Å². The van der Waals surface area contributed by atoms with Crippen molar-refractivity contribution in [2.24, 2.45) is 0 Å². The monoisotopic (exact) mass is 393 g/mol. The van der Waals surface area contributed by atoms with Crippen LogP contribution in [-0.2, 0) is 0 Å². The number of hydrogen-bond acceptors (Lipinski definition) is 2. The van der Waals surface area contributed by atoms with Gasteiger partial charge in [0, 0.05) is 5.56 Å². The molecule has 0 bridgehead atoms. The van der Waals surface area contributed by atoms with E-state index in [1.54, 1.807) is 12.1 Å². The van der Waals surface area contributed by atoms with Crippen LogP contribution in [0.1, 0.15) is 10.4 Å². The largest absolute Gasteiger partial charge is 0.507 e. The number of carbonyl (C=O) groups excluding carboxylic acids is 1. The fraction of sp³-hybridized carbons (Fsp3) is 0. The highest BCUT2D eigenvalue weighted by Crippen LogP contribution is 2.32. The number of aromatic hydroxyl groups is 1. The van der Waals surface area contributed by atoms with Crippen LogP contribution in [0.25, 0.3) is 0 Å². The van der Waals surface area contributed by atoms with Crippen molar-refractivity contribution in [3.05, 3.63) is 55.4 Å². The first-order chi connectivity index (χ1) is 9.38. The zero-order valence-electron chi connectivity index (χ0n) is 9.75. The Kier molecular flexibility index (Phi) is 4.81. The number of amides is 1. The molecule has 0 aliphatic rings. The Morgan fingerprint density at radius 1 is 1.05 bits per heavy atom. The number of phenols is 1. The van der Waals surface area contributed by atoms with Crippen LogP contribution in [0.3, 0.4) is 0 Å². The van der Waals surface area contributed by atoms with E-state index in [9.17, 15) is 9.90 Å². The molecule has 0 saturated heterocycles. The molecule has 0 unspecified atom stereocenters. The van der Waals surface area contributed by atoms with Gasteiger partial charge < -0.3 is 10.4 Å². The van der Waals surface area contributed by atoms with E-state index in [-0.39, 0.29) is 21.4 Å². The molecule has 104 valence electrons. The van der Waals surface area contributed by atoms with Gasteiger partial charge in [-0.1, -0.05) is 34.8 Å². The quantitative estimate of drug-likeness (QED) is 0.672. The van der Waals surface area contributed by atoms with Crippen molar-refractivity contribution < 1.29 is 9.90 Å². The highest BCUT2D eigenvalue weighted by Gasteiger charge is 2.12. The molecule has 0 saturated carbocycles. The topological polar surface area (TPSA) is 49.3 Å². The lowest BCUT2D eigenvalue weighted by atomic mass is 10.2. The van der Waals surface area contributed by atoms with Crippen molar-refractivity contribution in [1.29, 1.82) is 0 Å². The average molecular weight is 395 g/mol. The van der Waals surface area contributed by atoms with Crippen molar-refractivity contribution in [2.45, 2.75) is 0 Å². The highest BCUT2D eigenvalue weighted by molar-refractivity contribution is 9.10. The van der Waals surface area contributed by atoms with E-state index >= 15 is 0 Å². The number of hydrogen-bond donors (Lipinski definition) is 2. The zero-order chi connectivity index (χ0) is 14.9. The molecule has 2 aromatic rings. The molecule has 2 rings (SSSR count). The van der Waals surface area contributed by atoms with Gasteiger partial charge in [0.1, 0.15) is 5.75 Å². The summed E-state index contributed by atoms with van der Waals surface area (Å²) in [5, 5.41) is 13.0. The van der Waals surface area contributed by atoms with E-state index in [1.807, 2.05) is 0 Å². The minimum atomic E-state index is -0.423. The van der Waals surface area contributed by atoms with E-state index < -0.39 is 5.91 Å². The Bertz CT molecular complexity index is 692. The highest BCUT2D eigenvalue weighted by atomic mass is 79.9. The second-order valence-electron chi connectivity index (χ2n) is 3.87. The first-order valence-corrected chi connectivity index (χ1v) is 7.25. The average Bonchev–Trinajstić information content (AvgIpc) is 2.39. The van der Waals surface area contributed by atoms with Crippen LogP contribution >= 0.6 is 50.7 Å². The van der Waals surface area contributed by atoms with E-state index in [0.29, 0.717) is 15.2 Å². The molecule has 0 aliphatic heterocycles. The first-order valence-electron chi connectivity index (χ1n) is 5.33. The smallest absolute Gasteiger partial charge is 0.255 e. The molecule has 0 radical (unpaired) electrons. The summed E-state index contributed by atoms with van der Waals surface area (Å²) in [6, 6.07) is 7.37. The van der Waals surface area contributed by atoms with Crippen molar-refractivity contribution >= 4 is 62.3 Å². The summed E-state index contributed by atoms with van der Waals surface area (Å²) < 4.78 is 0.501. The summed E-state index contributed by atoms with van der Waals surface area (Å²) in [7, 11) is 0. The van der Waals surface area contributed by atoms with Crippen LogP contribution in [0.5, 0.6) is 5.75 Å². The molecular formula is C13H7BrCl3NO2. The standard InChI is InChI=1S/C13H7BrCl3NO2/c14-7-2-1-6(3-12(7)19)13(20)18-11-5-9(16)8(15)4-10(11)17/h1-5,19H,(H,18,20). The maximum atomic E-state index is 12.1. The van der Waals surface area contributed by atoms with Gasteiger partial charge in [0.2, 0.25) is 0 Å². The van der Waals surface area contributed by atoms with Crippen LogP contribution in [0.2, 0.25) is 15.1 Å². The Hall–Kier alpha value is -0.940. The van der Waals surface area contributed by atoms with Gasteiger partial charge in [-0.2, -0.15) is 0 Å². The number of anilines is 1. The molecule has 2 N–H and O–H groups in total. The SMILES string of the molecule is O=C(Nc1cc(Cl)c(Cl)cc1Cl)c1ccc(Br)c(O)c1. The van der Waals surface area contributed by atoms with Gasteiger partial charge in [0.15, 0.2) is 0 Å². The number of benzene rings is 2. The molecular weight excluding hydrogens is 388 g/mol. The second kappa shape index (κ2) is 6.22.